The van der Waals surface area contributed by atoms with Crippen molar-refractivity contribution in [3.05, 3.63) is 35.4 Å². The van der Waals surface area contributed by atoms with Gasteiger partial charge in [-0.3, -0.25) is 25.8 Å². The largest absolute Gasteiger partial charge is 0.468 e. The molecule has 0 aliphatic carbocycles. The van der Waals surface area contributed by atoms with Crippen LogP contribution in [0.3, 0.4) is 0 Å². The van der Waals surface area contributed by atoms with Crippen LogP contribution in [0.2, 0.25) is 0 Å². The molecular formula is C14H21N3O3. The lowest BCUT2D eigenvalue weighted by Crippen LogP contribution is -2.38. The van der Waals surface area contributed by atoms with E-state index in [4.69, 9.17) is 15.4 Å². The van der Waals surface area contributed by atoms with Gasteiger partial charge in [-0.05, 0) is 32.5 Å². The Kier molecular flexibility index (Phi) is 5.66. The van der Waals surface area contributed by atoms with Crippen LogP contribution in [0.15, 0.2) is 24.3 Å². The maximum Gasteiger partial charge on any atom is 0.322 e. The van der Waals surface area contributed by atoms with E-state index in [1.165, 1.54) is 7.11 Å². The summed E-state index contributed by atoms with van der Waals surface area (Å²) in [7, 11) is 3.21. The number of esters is 1. The van der Waals surface area contributed by atoms with E-state index in [2.05, 4.69) is 0 Å². The summed E-state index contributed by atoms with van der Waals surface area (Å²) < 4.78 is 4.74. The van der Waals surface area contributed by atoms with E-state index in [0.717, 1.165) is 5.56 Å². The maximum atomic E-state index is 11.6. The molecule has 1 rings (SSSR count). The Hall–Kier alpha value is -1.92. The van der Waals surface area contributed by atoms with Gasteiger partial charge in [0.2, 0.25) is 0 Å². The summed E-state index contributed by atoms with van der Waals surface area (Å²) in [6.45, 7) is 3.75. The third-order valence-corrected chi connectivity index (χ3v) is 3.53. The molecule has 6 nitrogen and oxygen atoms in total. The summed E-state index contributed by atoms with van der Waals surface area (Å²) in [5.41, 5.74) is 3.35. The summed E-state index contributed by atoms with van der Waals surface area (Å²) in [6.07, 6.45) is 0. The average molecular weight is 279 g/mol. The number of likely N-dealkylation sites (N-methyl/N-ethyl adjacent to an activating group) is 1. The minimum Gasteiger partial charge on any atom is -0.468 e. The number of methoxy groups -OCH3 is 1. The predicted molar refractivity (Wildman–Crippen MR) is 75.8 cm³/mol. The summed E-state index contributed by atoms with van der Waals surface area (Å²) >= 11 is 0. The van der Waals surface area contributed by atoms with Crippen molar-refractivity contribution in [3.63, 3.8) is 0 Å². The standard InChI is InChI=1S/C14H21N3O3/c1-9(17(3)10(2)14(18)20-4)11-6-5-7-12(8-11)13(15)16-19/h5-10,19H,1-4H3,(H2,15,16)/t9?,10-/m0/s1. The molecule has 0 aliphatic heterocycles. The molecule has 0 aromatic heterocycles. The number of rotatable bonds is 5. The minimum absolute atomic E-state index is 0.0319. The predicted octanol–water partition coefficient (Wildman–Crippen LogP) is 1.55. The molecule has 2 atom stereocenters. The zero-order valence-electron chi connectivity index (χ0n) is 12.2. The van der Waals surface area contributed by atoms with Crippen molar-refractivity contribution in [2.24, 2.45) is 0 Å². The number of carbonyl (C=O) groups excluding carboxylic acids is 1. The second-order valence-corrected chi connectivity index (χ2v) is 4.65. The molecule has 3 N–H and O–H groups in total. The lowest BCUT2D eigenvalue weighted by molar-refractivity contribution is -0.146. The van der Waals surface area contributed by atoms with Gasteiger partial charge in [0.05, 0.1) is 7.11 Å². The first-order valence-electron chi connectivity index (χ1n) is 6.31. The fraction of sp³-hybridized carbons (Fsp3) is 0.429. The van der Waals surface area contributed by atoms with Crippen LogP contribution in [0, 0.1) is 5.41 Å². The van der Waals surface area contributed by atoms with E-state index in [9.17, 15) is 4.79 Å². The van der Waals surface area contributed by atoms with Crippen molar-refractivity contribution < 1.29 is 14.7 Å². The normalized spacial score (nSPS) is 13.7. The van der Waals surface area contributed by atoms with E-state index in [-0.39, 0.29) is 23.9 Å². The van der Waals surface area contributed by atoms with Gasteiger partial charge in [-0.1, -0.05) is 18.2 Å². The molecular weight excluding hydrogens is 258 g/mol. The molecule has 0 radical (unpaired) electrons. The number of nitrogens with one attached hydrogen (secondary N) is 2. The van der Waals surface area contributed by atoms with Gasteiger partial charge in [0, 0.05) is 11.6 Å². The third-order valence-electron chi connectivity index (χ3n) is 3.53. The van der Waals surface area contributed by atoms with E-state index >= 15 is 0 Å². The Morgan fingerprint density at radius 1 is 1.45 bits per heavy atom. The molecule has 0 amide bonds. The summed E-state index contributed by atoms with van der Waals surface area (Å²) in [6, 6.07) is 6.86. The molecule has 1 aromatic rings. The smallest absolute Gasteiger partial charge is 0.322 e. The van der Waals surface area contributed by atoms with Crippen LogP contribution in [0.5, 0.6) is 0 Å². The van der Waals surface area contributed by atoms with Gasteiger partial charge >= 0.3 is 5.97 Å². The number of hydrogen-bond donors (Lipinski definition) is 3. The summed E-state index contributed by atoms with van der Waals surface area (Å²) in [5.74, 6) is -0.358. The van der Waals surface area contributed by atoms with Crippen LogP contribution in [0.4, 0.5) is 0 Å². The van der Waals surface area contributed by atoms with Gasteiger partial charge in [-0.2, -0.15) is 0 Å². The number of ether oxygens (including phenoxy) is 1. The Bertz CT molecular complexity index is 490. The molecule has 0 fully saturated rings. The highest BCUT2D eigenvalue weighted by atomic mass is 16.5. The average Bonchev–Trinajstić information content (AvgIpc) is 2.51. The highest BCUT2D eigenvalue weighted by Crippen LogP contribution is 2.22. The quantitative estimate of drug-likeness (QED) is 0.329. The second kappa shape index (κ2) is 7.02. The molecule has 0 spiro atoms. The first-order chi connectivity index (χ1) is 9.42. The number of benzene rings is 1. The van der Waals surface area contributed by atoms with Gasteiger partial charge in [0.1, 0.15) is 11.9 Å². The second-order valence-electron chi connectivity index (χ2n) is 4.65. The van der Waals surface area contributed by atoms with Crippen LogP contribution in [0.25, 0.3) is 0 Å². The molecule has 1 unspecified atom stereocenters. The Morgan fingerprint density at radius 3 is 2.65 bits per heavy atom. The van der Waals surface area contributed by atoms with Crippen LogP contribution < -0.4 is 5.48 Å². The van der Waals surface area contributed by atoms with Crippen molar-refractivity contribution in [3.8, 4) is 0 Å². The zero-order valence-corrected chi connectivity index (χ0v) is 12.2. The molecule has 0 aliphatic rings. The van der Waals surface area contributed by atoms with Crippen molar-refractivity contribution in [1.82, 2.24) is 10.4 Å². The van der Waals surface area contributed by atoms with Crippen LogP contribution >= 0.6 is 0 Å². The Balaban J connectivity index is 2.94. The van der Waals surface area contributed by atoms with E-state index in [1.54, 1.807) is 19.1 Å². The van der Waals surface area contributed by atoms with Crippen molar-refractivity contribution >= 4 is 11.8 Å². The lowest BCUT2D eigenvalue weighted by atomic mass is 10.0. The summed E-state index contributed by atoms with van der Waals surface area (Å²) in [5, 5.41) is 16.3. The number of hydroxylamine groups is 1. The highest BCUT2D eigenvalue weighted by molar-refractivity contribution is 5.95. The van der Waals surface area contributed by atoms with Gasteiger partial charge in [-0.25, -0.2) is 0 Å². The minimum atomic E-state index is -0.367. The molecule has 0 heterocycles. The monoisotopic (exact) mass is 279 g/mol. The van der Waals surface area contributed by atoms with Gasteiger partial charge in [-0.15, -0.1) is 0 Å². The molecule has 110 valence electrons. The maximum absolute atomic E-state index is 11.6. The Labute approximate surface area is 118 Å². The van der Waals surface area contributed by atoms with Crippen molar-refractivity contribution in [1.29, 1.82) is 5.41 Å². The molecule has 0 saturated heterocycles. The molecule has 1 aromatic carbocycles. The molecule has 0 bridgehead atoms. The zero-order chi connectivity index (χ0) is 15.3. The first kappa shape index (κ1) is 16.1. The molecule has 0 saturated carbocycles. The van der Waals surface area contributed by atoms with Gasteiger partial charge in [0.15, 0.2) is 0 Å². The number of hydrogen-bond acceptors (Lipinski definition) is 5. The van der Waals surface area contributed by atoms with E-state index in [0.29, 0.717) is 5.56 Å². The lowest BCUT2D eigenvalue weighted by Gasteiger charge is -2.29. The van der Waals surface area contributed by atoms with Crippen LogP contribution in [-0.4, -0.2) is 42.1 Å². The van der Waals surface area contributed by atoms with Gasteiger partial charge < -0.3 is 4.74 Å². The fourth-order valence-corrected chi connectivity index (χ4v) is 1.93. The highest BCUT2D eigenvalue weighted by Gasteiger charge is 2.23. The summed E-state index contributed by atoms with van der Waals surface area (Å²) in [4.78, 5) is 13.5. The van der Waals surface area contributed by atoms with Crippen molar-refractivity contribution in [2.75, 3.05) is 14.2 Å². The number of amidine groups is 1. The number of nitrogens with zero attached hydrogens (tertiary/aromatic N) is 1. The van der Waals surface area contributed by atoms with E-state index < -0.39 is 0 Å². The van der Waals surface area contributed by atoms with Crippen LogP contribution in [-0.2, 0) is 9.53 Å². The van der Waals surface area contributed by atoms with Crippen LogP contribution in [0.1, 0.15) is 31.0 Å². The van der Waals surface area contributed by atoms with Gasteiger partial charge in [0.25, 0.3) is 0 Å². The molecule has 6 heteroatoms. The Morgan fingerprint density at radius 2 is 2.10 bits per heavy atom. The number of carbonyl (C=O) groups is 1. The first-order valence-corrected chi connectivity index (χ1v) is 6.31. The van der Waals surface area contributed by atoms with E-state index in [1.807, 2.05) is 36.5 Å². The topological polar surface area (TPSA) is 85.7 Å². The molecule has 20 heavy (non-hydrogen) atoms. The SMILES string of the molecule is COC(=O)[C@H](C)N(C)C(C)c1cccc(C(=N)NO)c1. The third kappa shape index (κ3) is 3.55. The van der Waals surface area contributed by atoms with Crippen molar-refractivity contribution in [2.45, 2.75) is 25.9 Å². The fourth-order valence-electron chi connectivity index (χ4n) is 1.93.